The smallest absolute Gasteiger partial charge is 0.274 e. The zero-order chi connectivity index (χ0) is 17.5. The van der Waals surface area contributed by atoms with E-state index < -0.39 is 5.91 Å². The Bertz CT molecular complexity index is 465. The predicted molar refractivity (Wildman–Crippen MR) is 101 cm³/mol. The minimum atomic E-state index is -0.476. The Kier molecular flexibility index (Phi) is 11.7. The van der Waals surface area contributed by atoms with Gasteiger partial charge in [-0.3, -0.25) is 10.0 Å². The van der Waals surface area contributed by atoms with Crippen LogP contribution in [-0.2, 0) is 0 Å². The van der Waals surface area contributed by atoms with Crippen molar-refractivity contribution in [3.8, 4) is 0 Å². The molecule has 0 atom stereocenters. The molecule has 3 heteroatoms. The summed E-state index contributed by atoms with van der Waals surface area (Å²) in [7, 11) is 0. The second kappa shape index (κ2) is 13.8. The van der Waals surface area contributed by atoms with Gasteiger partial charge in [-0.1, -0.05) is 89.0 Å². The maximum Gasteiger partial charge on any atom is 0.274 e. The summed E-state index contributed by atoms with van der Waals surface area (Å²) in [4.78, 5) is 11.2. The Hall–Kier alpha value is -1.61. The van der Waals surface area contributed by atoms with Gasteiger partial charge < -0.3 is 0 Å². The first-order chi connectivity index (χ1) is 11.8. The third-order valence-electron chi connectivity index (χ3n) is 4.31. The fourth-order valence-corrected chi connectivity index (χ4v) is 2.78. The van der Waals surface area contributed by atoms with Crippen LogP contribution in [0.4, 0.5) is 0 Å². The monoisotopic (exact) mass is 331 g/mol. The van der Waals surface area contributed by atoms with Crippen molar-refractivity contribution >= 4 is 12.0 Å². The second-order valence-electron chi connectivity index (χ2n) is 6.44. The van der Waals surface area contributed by atoms with E-state index in [1.165, 1.54) is 64.2 Å². The molecule has 0 aliphatic heterocycles. The molecule has 2 N–H and O–H groups in total. The molecule has 134 valence electrons. The van der Waals surface area contributed by atoms with E-state index in [4.69, 9.17) is 5.21 Å². The van der Waals surface area contributed by atoms with E-state index in [-0.39, 0.29) is 0 Å². The van der Waals surface area contributed by atoms with Crippen LogP contribution in [0.15, 0.2) is 30.3 Å². The minimum Gasteiger partial charge on any atom is -0.288 e. The van der Waals surface area contributed by atoms with E-state index in [0.717, 1.165) is 12.0 Å². The van der Waals surface area contributed by atoms with E-state index in [1.807, 2.05) is 12.1 Å². The Labute approximate surface area is 147 Å². The Balaban J connectivity index is 2.02. The lowest BCUT2D eigenvalue weighted by Crippen LogP contribution is -2.18. The van der Waals surface area contributed by atoms with Crippen LogP contribution in [0.25, 0.3) is 6.08 Å². The maximum absolute atomic E-state index is 11.2. The standard InChI is InChI=1S/C21H33NO2/c1-2-3-4-5-6-7-8-9-10-11-12-13-14-19-15-17-20(18-16-19)21(23)22-24/h13-18,24H,2-12H2,1H3,(H,22,23). The lowest BCUT2D eigenvalue weighted by molar-refractivity contribution is 0.0706. The van der Waals surface area contributed by atoms with Gasteiger partial charge in [0, 0.05) is 5.56 Å². The summed E-state index contributed by atoms with van der Waals surface area (Å²) in [6.07, 6.45) is 19.0. The van der Waals surface area contributed by atoms with Crippen molar-refractivity contribution in [2.75, 3.05) is 0 Å². The van der Waals surface area contributed by atoms with E-state index >= 15 is 0 Å². The third-order valence-corrected chi connectivity index (χ3v) is 4.31. The molecule has 1 aromatic carbocycles. The highest BCUT2D eigenvalue weighted by atomic mass is 16.5. The first kappa shape index (κ1) is 20.4. The maximum atomic E-state index is 11.2. The fourth-order valence-electron chi connectivity index (χ4n) is 2.78. The Morgan fingerprint density at radius 1 is 0.917 bits per heavy atom. The highest BCUT2D eigenvalue weighted by Crippen LogP contribution is 2.12. The highest BCUT2D eigenvalue weighted by Gasteiger charge is 2.01. The molecule has 0 aliphatic rings. The van der Waals surface area contributed by atoms with Gasteiger partial charge in [-0.25, -0.2) is 5.48 Å². The van der Waals surface area contributed by atoms with Gasteiger partial charge in [0.25, 0.3) is 5.91 Å². The molecule has 3 nitrogen and oxygen atoms in total. The molecule has 0 saturated carbocycles. The van der Waals surface area contributed by atoms with Crippen LogP contribution in [-0.4, -0.2) is 11.1 Å². The molecule has 0 bridgehead atoms. The number of hydrogen-bond donors (Lipinski definition) is 2. The Morgan fingerprint density at radius 2 is 1.46 bits per heavy atom. The molecule has 0 radical (unpaired) electrons. The van der Waals surface area contributed by atoms with Crippen LogP contribution in [0.2, 0.25) is 0 Å². The predicted octanol–water partition coefficient (Wildman–Crippen LogP) is 6.13. The van der Waals surface area contributed by atoms with E-state index in [2.05, 4.69) is 19.1 Å². The number of carbonyl (C=O) groups is 1. The summed E-state index contributed by atoms with van der Waals surface area (Å²) in [5.74, 6) is -0.476. The van der Waals surface area contributed by atoms with Crippen LogP contribution in [0.5, 0.6) is 0 Å². The molecule has 0 unspecified atom stereocenters. The lowest BCUT2D eigenvalue weighted by atomic mass is 10.1. The molecule has 0 spiro atoms. The van der Waals surface area contributed by atoms with Gasteiger partial charge in [0.15, 0.2) is 0 Å². The van der Waals surface area contributed by atoms with Crippen molar-refractivity contribution in [3.63, 3.8) is 0 Å². The molecule has 1 amide bonds. The van der Waals surface area contributed by atoms with Gasteiger partial charge in [-0.05, 0) is 30.5 Å². The number of hydrogen-bond acceptors (Lipinski definition) is 2. The zero-order valence-electron chi connectivity index (χ0n) is 15.1. The number of unbranched alkanes of at least 4 members (excludes halogenated alkanes) is 10. The molecule has 0 aromatic heterocycles. The summed E-state index contributed by atoms with van der Waals surface area (Å²) in [6, 6.07) is 7.21. The number of carbonyl (C=O) groups excluding carboxylic acids is 1. The topological polar surface area (TPSA) is 49.3 Å². The number of benzene rings is 1. The second-order valence-corrected chi connectivity index (χ2v) is 6.44. The van der Waals surface area contributed by atoms with E-state index in [1.54, 1.807) is 17.6 Å². The van der Waals surface area contributed by atoms with Gasteiger partial charge in [-0.2, -0.15) is 0 Å². The largest absolute Gasteiger partial charge is 0.288 e. The van der Waals surface area contributed by atoms with Crippen molar-refractivity contribution in [2.24, 2.45) is 0 Å². The first-order valence-corrected chi connectivity index (χ1v) is 9.49. The van der Waals surface area contributed by atoms with Crippen LogP contribution < -0.4 is 5.48 Å². The summed E-state index contributed by atoms with van der Waals surface area (Å²) >= 11 is 0. The van der Waals surface area contributed by atoms with Gasteiger partial charge in [-0.15, -0.1) is 0 Å². The molecular formula is C21H33NO2. The summed E-state index contributed by atoms with van der Waals surface area (Å²) in [5, 5.41) is 8.57. The average molecular weight is 332 g/mol. The quantitative estimate of drug-likeness (QED) is 0.259. The van der Waals surface area contributed by atoms with E-state index in [9.17, 15) is 4.79 Å². The summed E-state index contributed by atoms with van der Waals surface area (Å²) < 4.78 is 0. The number of hydroxylamine groups is 1. The average Bonchev–Trinajstić information content (AvgIpc) is 2.62. The Morgan fingerprint density at radius 3 is 2.00 bits per heavy atom. The number of allylic oxidation sites excluding steroid dienone is 1. The number of nitrogens with one attached hydrogen (secondary N) is 1. The van der Waals surface area contributed by atoms with Crippen LogP contribution in [0.1, 0.15) is 93.5 Å². The normalized spacial score (nSPS) is 11.1. The highest BCUT2D eigenvalue weighted by molar-refractivity contribution is 5.93. The molecular weight excluding hydrogens is 298 g/mol. The summed E-state index contributed by atoms with van der Waals surface area (Å²) in [5.41, 5.74) is 3.18. The van der Waals surface area contributed by atoms with Crippen molar-refractivity contribution in [1.29, 1.82) is 0 Å². The molecule has 24 heavy (non-hydrogen) atoms. The van der Waals surface area contributed by atoms with Crippen LogP contribution in [0, 0.1) is 0 Å². The van der Waals surface area contributed by atoms with Crippen molar-refractivity contribution in [1.82, 2.24) is 5.48 Å². The van der Waals surface area contributed by atoms with Gasteiger partial charge in [0.05, 0.1) is 0 Å². The molecule has 1 rings (SSSR count). The van der Waals surface area contributed by atoms with Gasteiger partial charge >= 0.3 is 0 Å². The number of amides is 1. The molecule has 0 fully saturated rings. The van der Waals surface area contributed by atoms with Crippen LogP contribution >= 0.6 is 0 Å². The molecule has 0 heterocycles. The fraction of sp³-hybridized carbons (Fsp3) is 0.571. The van der Waals surface area contributed by atoms with Crippen LogP contribution in [0.3, 0.4) is 0 Å². The van der Waals surface area contributed by atoms with Crippen molar-refractivity contribution in [3.05, 3.63) is 41.5 Å². The molecule has 0 aliphatic carbocycles. The molecule has 0 saturated heterocycles. The minimum absolute atomic E-state index is 0.462. The lowest BCUT2D eigenvalue weighted by Gasteiger charge is -2.01. The van der Waals surface area contributed by atoms with Crippen molar-refractivity contribution < 1.29 is 10.0 Å². The van der Waals surface area contributed by atoms with Crippen molar-refractivity contribution in [2.45, 2.75) is 77.6 Å². The third kappa shape index (κ3) is 9.51. The SMILES string of the molecule is CCCCCCCCCCCCC=Cc1ccc(C(=O)NO)cc1. The van der Waals surface area contributed by atoms with Gasteiger partial charge in [0.2, 0.25) is 0 Å². The zero-order valence-corrected chi connectivity index (χ0v) is 15.1. The molecule has 1 aromatic rings. The summed E-state index contributed by atoms with van der Waals surface area (Å²) in [6.45, 7) is 2.26. The van der Waals surface area contributed by atoms with Gasteiger partial charge in [0.1, 0.15) is 0 Å². The van der Waals surface area contributed by atoms with E-state index in [0.29, 0.717) is 5.56 Å². The first-order valence-electron chi connectivity index (χ1n) is 9.49. The number of rotatable bonds is 13.